The minimum atomic E-state index is -0.565. The van der Waals surface area contributed by atoms with Gasteiger partial charge in [-0.2, -0.15) is 0 Å². The molecule has 0 spiro atoms. The second kappa shape index (κ2) is 7.78. The Morgan fingerprint density at radius 3 is 2.56 bits per heavy atom. The van der Waals surface area contributed by atoms with E-state index >= 15 is 0 Å². The first-order chi connectivity index (χ1) is 12.1. The Bertz CT molecular complexity index is 768. The topological polar surface area (TPSA) is 49.4 Å². The first-order valence-electron chi connectivity index (χ1n) is 8.50. The van der Waals surface area contributed by atoms with Crippen LogP contribution >= 0.6 is 11.3 Å². The van der Waals surface area contributed by atoms with Crippen LogP contribution in [0.15, 0.2) is 36.4 Å². The second-order valence-corrected chi connectivity index (χ2v) is 7.31. The summed E-state index contributed by atoms with van der Waals surface area (Å²) in [4.78, 5) is 27.8. The summed E-state index contributed by atoms with van der Waals surface area (Å²) in [5.41, 5.74) is 0.476. The summed E-state index contributed by atoms with van der Waals surface area (Å²) in [6.45, 7) is 3.23. The minimum absolute atomic E-state index is 0.0427. The summed E-state index contributed by atoms with van der Waals surface area (Å²) in [6.07, 6.45) is 3.19. The van der Waals surface area contributed by atoms with E-state index in [-0.39, 0.29) is 17.6 Å². The monoisotopic (exact) mass is 360 g/mol. The third-order valence-electron chi connectivity index (χ3n) is 4.35. The highest BCUT2D eigenvalue weighted by atomic mass is 32.1. The van der Waals surface area contributed by atoms with Gasteiger partial charge in [-0.15, -0.1) is 11.3 Å². The molecule has 2 amide bonds. The molecule has 1 aliphatic rings. The highest BCUT2D eigenvalue weighted by Crippen LogP contribution is 2.30. The van der Waals surface area contributed by atoms with Gasteiger partial charge in [0, 0.05) is 23.5 Å². The van der Waals surface area contributed by atoms with Gasteiger partial charge in [0.15, 0.2) is 0 Å². The zero-order valence-electron chi connectivity index (χ0n) is 14.1. The molecule has 0 unspecified atom stereocenters. The van der Waals surface area contributed by atoms with Gasteiger partial charge in [0.1, 0.15) is 11.9 Å². The lowest BCUT2D eigenvalue weighted by atomic mass is 10.1. The summed E-state index contributed by atoms with van der Waals surface area (Å²) in [6, 6.07) is 9.31. The van der Waals surface area contributed by atoms with Crippen molar-refractivity contribution in [1.29, 1.82) is 0 Å². The largest absolute Gasteiger partial charge is 0.341 e. The quantitative estimate of drug-likeness (QED) is 0.904. The van der Waals surface area contributed by atoms with Crippen LogP contribution in [0.1, 0.15) is 35.9 Å². The van der Waals surface area contributed by atoms with Crippen molar-refractivity contribution in [2.45, 2.75) is 32.2 Å². The van der Waals surface area contributed by atoms with E-state index in [1.54, 1.807) is 37.3 Å². The number of piperidine rings is 1. The second-order valence-electron chi connectivity index (χ2n) is 6.22. The normalized spacial score (nSPS) is 15.7. The maximum absolute atomic E-state index is 13.9. The van der Waals surface area contributed by atoms with Gasteiger partial charge in [-0.25, -0.2) is 4.39 Å². The third-order valence-corrected chi connectivity index (χ3v) is 5.47. The van der Waals surface area contributed by atoms with E-state index < -0.39 is 6.04 Å². The predicted molar refractivity (Wildman–Crippen MR) is 97.1 cm³/mol. The molecule has 1 aromatic carbocycles. The number of carbonyl (C=O) groups excluding carboxylic acids is 2. The molecule has 2 heterocycles. The molecule has 4 nitrogen and oxygen atoms in total. The van der Waals surface area contributed by atoms with E-state index in [1.165, 1.54) is 17.4 Å². The molecule has 1 saturated heterocycles. The average molecular weight is 360 g/mol. The zero-order chi connectivity index (χ0) is 17.8. The van der Waals surface area contributed by atoms with Gasteiger partial charge in [-0.05, 0) is 44.4 Å². The van der Waals surface area contributed by atoms with E-state index in [2.05, 4.69) is 5.32 Å². The Morgan fingerprint density at radius 2 is 1.84 bits per heavy atom. The molecule has 2 aromatic rings. The molecule has 1 atom stereocenters. The van der Waals surface area contributed by atoms with Crippen LogP contribution in [0.4, 0.5) is 4.39 Å². The molecule has 1 fully saturated rings. The number of nitrogens with zero attached hydrogens (tertiary/aromatic N) is 1. The number of halogens is 1. The van der Waals surface area contributed by atoms with E-state index in [0.29, 0.717) is 15.3 Å². The number of benzene rings is 1. The number of likely N-dealkylation sites (tertiary alicyclic amines) is 1. The summed E-state index contributed by atoms with van der Waals surface area (Å²) >= 11 is 1.22. The van der Waals surface area contributed by atoms with Crippen molar-refractivity contribution in [3.63, 3.8) is 0 Å². The molecular weight excluding hydrogens is 339 g/mol. The highest BCUT2D eigenvalue weighted by molar-refractivity contribution is 7.17. The Kier molecular flexibility index (Phi) is 5.48. The number of nitrogens with one attached hydrogen (secondary N) is 1. The van der Waals surface area contributed by atoms with Crippen LogP contribution in [0.2, 0.25) is 0 Å². The fourth-order valence-corrected chi connectivity index (χ4v) is 3.92. The average Bonchev–Trinajstić information content (AvgIpc) is 3.12. The maximum Gasteiger partial charge on any atom is 0.262 e. The minimum Gasteiger partial charge on any atom is -0.341 e. The molecule has 0 radical (unpaired) electrons. The molecule has 3 rings (SSSR count). The summed E-state index contributed by atoms with van der Waals surface area (Å²) in [5, 5.41) is 2.76. The number of carbonyl (C=O) groups is 2. The van der Waals surface area contributed by atoms with E-state index in [4.69, 9.17) is 0 Å². The van der Waals surface area contributed by atoms with E-state index in [9.17, 15) is 14.0 Å². The molecule has 25 heavy (non-hydrogen) atoms. The van der Waals surface area contributed by atoms with Gasteiger partial charge in [-0.1, -0.05) is 18.2 Å². The Labute approximate surface area is 150 Å². The molecule has 0 saturated carbocycles. The van der Waals surface area contributed by atoms with Crippen LogP contribution in [0, 0.1) is 5.82 Å². The Balaban J connectivity index is 1.65. The molecule has 0 bridgehead atoms. The number of amides is 2. The van der Waals surface area contributed by atoms with Crippen LogP contribution < -0.4 is 5.32 Å². The molecule has 132 valence electrons. The lowest BCUT2D eigenvalue weighted by Gasteiger charge is -2.29. The van der Waals surface area contributed by atoms with Crippen molar-refractivity contribution in [1.82, 2.24) is 10.2 Å². The van der Waals surface area contributed by atoms with Gasteiger partial charge >= 0.3 is 0 Å². The van der Waals surface area contributed by atoms with E-state index in [1.807, 2.05) is 4.90 Å². The van der Waals surface area contributed by atoms with Crippen molar-refractivity contribution in [3.8, 4) is 10.4 Å². The van der Waals surface area contributed by atoms with Crippen molar-refractivity contribution in [2.24, 2.45) is 0 Å². The van der Waals surface area contributed by atoms with Crippen molar-refractivity contribution in [2.75, 3.05) is 13.1 Å². The summed E-state index contributed by atoms with van der Waals surface area (Å²) < 4.78 is 13.9. The van der Waals surface area contributed by atoms with Gasteiger partial charge in [-0.3, -0.25) is 9.59 Å². The van der Waals surface area contributed by atoms with Crippen LogP contribution in [0.3, 0.4) is 0 Å². The third kappa shape index (κ3) is 4.07. The van der Waals surface area contributed by atoms with Crippen LogP contribution in [0.5, 0.6) is 0 Å². The smallest absolute Gasteiger partial charge is 0.262 e. The van der Waals surface area contributed by atoms with Gasteiger partial charge in [0.25, 0.3) is 5.91 Å². The fraction of sp³-hybridized carbons (Fsp3) is 0.368. The van der Waals surface area contributed by atoms with Gasteiger partial charge in [0.05, 0.1) is 4.88 Å². The number of thiophene rings is 1. The summed E-state index contributed by atoms with van der Waals surface area (Å²) in [5.74, 6) is -0.658. The molecule has 1 aromatic heterocycles. The molecule has 0 aliphatic carbocycles. The van der Waals surface area contributed by atoms with Crippen molar-refractivity contribution in [3.05, 3.63) is 47.1 Å². The lowest BCUT2D eigenvalue weighted by Crippen LogP contribution is -2.48. The van der Waals surface area contributed by atoms with Gasteiger partial charge in [0.2, 0.25) is 5.91 Å². The predicted octanol–water partition coefficient (Wildman–Crippen LogP) is 3.69. The number of hydrogen-bond acceptors (Lipinski definition) is 3. The van der Waals surface area contributed by atoms with Crippen molar-refractivity contribution >= 4 is 23.2 Å². The zero-order valence-corrected chi connectivity index (χ0v) is 14.9. The van der Waals surface area contributed by atoms with Crippen LogP contribution in [-0.4, -0.2) is 35.8 Å². The fourth-order valence-electron chi connectivity index (χ4n) is 2.98. The first-order valence-corrected chi connectivity index (χ1v) is 9.32. The molecule has 1 N–H and O–H groups in total. The highest BCUT2D eigenvalue weighted by Gasteiger charge is 2.24. The van der Waals surface area contributed by atoms with Crippen LogP contribution in [0.25, 0.3) is 10.4 Å². The first kappa shape index (κ1) is 17.6. The van der Waals surface area contributed by atoms with Gasteiger partial charge < -0.3 is 10.2 Å². The Hall–Kier alpha value is -2.21. The summed E-state index contributed by atoms with van der Waals surface area (Å²) in [7, 11) is 0. The number of rotatable bonds is 4. The SMILES string of the molecule is C[C@H](NC(=O)c1ccc(-c2ccccc2F)s1)C(=O)N1CCCCC1. The molecular formula is C19H21FN2O2S. The Morgan fingerprint density at radius 1 is 1.12 bits per heavy atom. The maximum atomic E-state index is 13.9. The molecule has 1 aliphatic heterocycles. The number of hydrogen-bond donors (Lipinski definition) is 1. The van der Waals surface area contributed by atoms with Crippen molar-refractivity contribution < 1.29 is 14.0 Å². The van der Waals surface area contributed by atoms with Crippen LogP contribution in [-0.2, 0) is 4.79 Å². The molecule has 6 heteroatoms. The standard InChI is InChI=1S/C19H21FN2O2S/c1-13(19(24)22-11-5-2-6-12-22)21-18(23)17-10-9-16(25-17)14-7-3-4-8-15(14)20/h3-4,7-10,13H,2,5-6,11-12H2,1H3,(H,21,23)/t13-/m0/s1. The van der Waals surface area contributed by atoms with E-state index in [0.717, 1.165) is 32.4 Å². The lowest BCUT2D eigenvalue weighted by molar-refractivity contribution is -0.133.